The quantitative estimate of drug-likeness (QED) is 0.315. The summed E-state index contributed by atoms with van der Waals surface area (Å²) in [5, 5.41) is 0. The van der Waals surface area contributed by atoms with Crippen LogP contribution in [0.4, 0.5) is 26.3 Å². The molecule has 1 radical (unpaired) electrons. The predicted molar refractivity (Wildman–Crippen MR) is 109 cm³/mol. The van der Waals surface area contributed by atoms with E-state index in [4.69, 9.17) is 0 Å². The molecule has 0 heterocycles. The molecule has 30 heavy (non-hydrogen) atoms. The van der Waals surface area contributed by atoms with Crippen LogP contribution in [0.15, 0.2) is 18.2 Å². The molecule has 3 atom stereocenters. The molecule has 0 aromatic heterocycles. The monoisotopic (exact) mass is 437 g/mol. The van der Waals surface area contributed by atoms with Gasteiger partial charge in [0.25, 0.3) is 0 Å². The van der Waals surface area contributed by atoms with Crippen molar-refractivity contribution in [1.29, 1.82) is 0 Å². The van der Waals surface area contributed by atoms with Crippen molar-refractivity contribution in [2.75, 3.05) is 0 Å². The van der Waals surface area contributed by atoms with Gasteiger partial charge in [-0.15, -0.1) is 0 Å². The Hall–Kier alpha value is -1.47. The van der Waals surface area contributed by atoms with Gasteiger partial charge in [0.1, 0.15) is 0 Å². The van der Waals surface area contributed by atoms with Crippen LogP contribution in [0.2, 0.25) is 0 Å². The standard InChI is InChI=1S/C15H16BF6O.C7H16/c1-4-8(2)13(16-9(3)23)10-5-11(14(17,18)19)7-12(6-10)15(20,21)22;1-5-7(4)6(2)3/h5-8,13H,4H2,1-3H3;6-7H,5H2,1-4H3. The van der Waals surface area contributed by atoms with Crippen LogP contribution in [0.25, 0.3) is 0 Å². The highest BCUT2D eigenvalue weighted by atomic mass is 19.4. The highest BCUT2D eigenvalue weighted by Gasteiger charge is 2.38. The van der Waals surface area contributed by atoms with E-state index in [-0.39, 0.29) is 17.5 Å². The Balaban J connectivity index is 0.00000103. The molecular formula is C22H32BF6O. The highest BCUT2D eigenvalue weighted by molar-refractivity contribution is 6.74. The molecule has 0 aliphatic heterocycles. The minimum atomic E-state index is -4.90. The van der Waals surface area contributed by atoms with Crippen LogP contribution in [0, 0.1) is 17.8 Å². The number of benzene rings is 1. The van der Waals surface area contributed by atoms with Crippen LogP contribution in [-0.4, -0.2) is 13.0 Å². The largest absolute Gasteiger partial charge is 0.416 e. The molecule has 3 unspecified atom stereocenters. The van der Waals surface area contributed by atoms with Crippen molar-refractivity contribution in [3.8, 4) is 0 Å². The molecule has 0 fully saturated rings. The fraction of sp³-hybridized carbons (Fsp3) is 0.682. The summed E-state index contributed by atoms with van der Waals surface area (Å²) in [6, 6.07) is 1.46. The average molecular weight is 437 g/mol. The second kappa shape index (κ2) is 11.8. The lowest BCUT2D eigenvalue weighted by Gasteiger charge is -2.24. The lowest BCUT2D eigenvalue weighted by molar-refractivity contribution is -0.143. The summed E-state index contributed by atoms with van der Waals surface area (Å²) in [5.74, 6) is 0.689. The van der Waals surface area contributed by atoms with Gasteiger partial charge in [-0.2, -0.15) is 26.3 Å². The molecule has 0 aliphatic rings. The third kappa shape index (κ3) is 9.56. The second-order valence-corrected chi connectivity index (χ2v) is 8.16. The Morgan fingerprint density at radius 2 is 1.23 bits per heavy atom. The van der Waals surface area contributed by atoms with Crippen molar-refractivity contribution < 1.29 is 31.1 Å². The summed E-state index contributed by atoms with van der Waals surface area (Å²) >= 11 is 0. The summed E-state index contributed by atoms with van der Waals surface area (Å²) in [5.41, 5.74) is -3.29. The zero-order chi connectivity index (χ0) is 23.9. The molecule has 171 valence electrons. The first kappa shape index (κ1) is 28.5. The van der Waals surface area contributed by atoms with Crippen molar-refractivity contribution in [3.63, 3.8) is 0 Å². The number of carbonyl (C=O) groups is 1. The third-order valence-corrected chi connectivity index (χ3v) is 5.45. The van der Waals surface area contributed by atoms with Gasteiger partial charge in [-0.1, -0.05) is 59.9 Å². The van der Waals surface area contributed by atoms with Crippen molar-refractivity contribution in [2.24, 2.45) is 17.8 Å². The Bertz CT molecular complexity index is 634. The molecular weight excluding hydrogens is 405 g/mol. The van der Waals surface area contributed by atoms with E-state index >= 15 is 0 Å². The minimum Gasteiger partial charge on any atom is -0.312 e. The average Bonchev–Trinajstić information content (AvgIpc) is 2.63. The van der Waals surface area contributed by atoms with Gasteiger partial charge in [-0.05, 0) is 48.7 Å². The zero-order valence-electron chi connectivity index (χ0n) is 18.7. The van der Waals surface area contributed by atoms with Gasteiger partial charge >= 0.3 is 12.4 Å². The number of hydrogen-bond acceptors (Lipinski definition) is 1. The van der Waals surface area contributed by atoms with Crippen molar-refractivity contribution in [2.45, 2.75) is 79.5 Å². The molecule has 0 spiro atoms. The molecule has 0 amide bonds. The van der Waals surface area contributed by atoms with Crippen molar-refractivity contribution >= 4 is 13.0 Å². The molecule has 0 aliphatic carbocycles. The number of halogens is 6. The summed E-state index contributed by atoms with van der Waals surface area (Å²) in [6.45, 7) is 13.7. The smallest absolute Gasteiger partial charge is 0.312 e. The van der Waals surface area contributed by atoms with Crippen LogP contribution >= 0.6 is 0 Å². The number of rotatable bonds is 7. The summed E-state index contributed by atoms with van der Waals surface area (Å²) in [6.07, 6.45) is -7.97. The maximum absolute atomic E-state index is 12.9. The zero-order valence-corrected chi connectivity index (χ0v) is 18.7. The van der Waals surface area contributed by atoms with E-state index in [1.54, 1.807) is 13.8 Å². The fourth-order valence-electron chi connectivity index (χ4n) is 2.74. The molecule has 0 saturated heterocycles. The maximum Gasteiger partial charge on any atom is 0.416 e. The predicted octanol–water partition coefficient (Wildman–Crippen LogP) is 7.75. The molecule has 1 rings (SSSR count). The molecule has 1 aromatic carbocycles. The lowest BCUT2D eigenvalue weighted by Crippen LogP contribution is -2.23. The van der Waals surface area contributed by atoms with E-state index in [2.05, 4.69) is 27.7 Å². The van der Waals surface area contributed by atoms with Gasteiger partial charge < -0.3 is 4.79 Å². The lowest BCUT2D eigenvalue weighted by atomic mass is 9.54. The van der Waals surface area contributed by atoms with E-state index in [9.17, 15) is 31.1 Å². The molecule has 0 N–H and O–H groups in total. The maximum atomic E-state index is 12.9. The molecule has 0 bridgehead atoms. The molecule has 0 saturated carbocycles. The Kier molecular flexibility index (Phi) is 11.2. The van der Waals surface area contributed by atoms with E-state index < -0.39 is 35.0 Å². The second-order valence-electron chi connectivity index (χ2n) is 8.16. The number of alkyl halides is 6. The van der Waals surface area contributed by atoms with Gasteiger partial charge in [0.15, 0.2) is 0 Å². The van der Waals surface area contributed by atoms with Gasteiger partial charge in [-0.25, -0.2) is 0 Å². The van der Waals surface area contributed by atoms with Crippen LogP contribution < -0.4 is 0 Å². The van der Waals surface area contributed by atoms with Gasteiger partial charge in [-0.3, -0.25) is 0 Å². The minimum absolute atomic E-state index is 0.0882. The van der Waals surface area contributed by atoms with Crippen molar-refractivity contribution in [3.05, 3.63) is 34.9 Å². The van der Waals surface area contributed by atoms with Crippen LogP contribution in [-0.2, 0) is 17.1 Å². The Morgan fingerprint density at radius 3 is 1.47 bits per heavy atom. The topological polar surface area (TPSA) is 17.1 Å². The highest BCUT2D eigenvalue weighted by Crippen LogP contribution is 2.39. The summed E-state index contributed by atoms with van der Waals surface area (Å²) in [7, 11) is 1.17. The Labute approximate surface area is 176 Å². The first-order chi connectivity index (χ1) is 13.5. The van der Waals surface area contributed by atoms with Crippen LogP contribution in [0.3, 0.4) is 0 Å². The molecule has 1 nitrogen and oxygen atoms in total. The van der Waals surface area contributed by atoms with Gasteiger partial charge in [0.2, 0.25) is 7.28 Å². The first-order valence-corrected chi connectivity index (χ1v) is 10.2. The Morgan fingerprint density at radius 1 is 0.833 bits per heavy atom. The summed E-state index contributed by atoms with van der Waals surface area (Å²) in [4.78, 5) is 11.3. The van der Waals surface area contributed by atoms with E-state index in [1.807, 2.05) is 0 Å². The van der Waals surface area contributed by atoms with E-state index in [0.29, 0.717) is 18.6 Å². The van der Waals surface area contributed by atoms with E-state index in [0.717, 1.165) is 11.8 Å². The van der Waals surface area contributed by atoms with Gasteiger partial charge in [0, 0.05) is 0 Å². The summed E-state index contributed by atoms with van der Waals surface area (Å²) < 4.78 is 77.4. The molecule has 1 aromatic rings. The number of carbonyl (C=O) groups excluding carboxylic acids is 1. The third-order valence-electron chi connectivity index (χ3n) is 5.45. The first-order valence-electron chi connectivity index (χ1n) is 10.2. The SMILES string of the molecule is CCC(C)C(C)C.CCC(C)C([B]C(C)=O)c1cc(C(F)(F)F)cc(C(F)(F)F)c1. The van der Waals surface area contributed by atoms with Crippen LogP contribution in [0.5, 0.6) is 0 Å². The van der Waals surface area contributed by atoms with Crippen LogP contribution in [0.1, 0.15) is 83.8 Å². The normalized spacial score (nSPS) is 15.1. The number of hydrogen-bond donors (Lipinski definition) is 0. The fourth-order valence-corrected chi connectivity index (χ4v) is 2.74. The molecule has 8 heteroatoms. The van der Waals surface area contributed by atoms with E-state index in [1.165, 1.54) is 20.6 Å². The van der Waals surface area contributed by atoms with Gasteiger partial charge in [0.05, 0.1) is 16.8 Å². The van der Waals surface area contributed by atoms with Crippen molar-refractivity contribution in [1.82, 2.24) is 0 Å².